The van der Waals surface area contributed by atoms with Crippen LogP contribution in [0.1, 0.15) is 5.56 Å². The molecule has 1 amide bonds. The zero-order chi connectivity index (χ0) is 24.6. The Kier molecular flexibility index (Phi) is 9.51. The van der Waals surface area contributed by atoms with Crippen LogP contribution < -0.4 is 20.7 Å². The Balaban J connectivity index is 1.94. The molecule has 0 aliphatic rings. The van der Waals surface area contributed by atoms with Gasteiger partial charge in [0.25, 0.3) is 5.91 Å². The predicted molar refractivity (Wildman–Crippen MR) is 118 cm³/mol. The first-order chi connectivity index (χ1) is 15.5. The third-order valence-corrected chi connectivity index (χ3v) is 5.03. The van der Waals surface area contributed by atoms with Gasteiger partial charge < -0.3 is 20.7 Å². The van der Waals surface area contributed by atoms with Crippen molar-refractivity contribution in [3.05, 3.63) is 69.6 Å². The lowest BCUT2D eigenvalue weighted by Gasteiger charge is -2.13. The SMILES string of the molecule is COc1cc(NCCNC(=O)C[NH2+]/C(=C(/Cl)C(=N)c2ccccc2F)C(F)(F)F)ccc1Cl. The van der Waals surface area contributed by atoms with Gasteiger partial charge in [0.15, 0.2) is 6.54 Å². The fraction of sp³-hybridized carbons (Fsp3) is 0.238. The number of hydrogen-bond acceptors (Lipinski definition) is 4. The monoisotopic (exact) mass is 507 g/mol. The number of nitrogens with two attached hydrogens (primary N) is 1. The summed E-state index contributed by atoms with van der Waals surface area (Å²) < 4.78 is 59.3. The summed E-state index contributed by atoms with van der Waals surface area (Å²) in [5.41, 5.74) is -1.93. The number of halogens is 6. The summed E-state index contributed by atoms with van der Waals surface area (Å²) in [6, 6.07) is 9.84. The summed E-state index contributed by atoms with van der Waals surface area (Å²) in [5, 5.41) is 13.3. The Bertz CT molecular complexity index is 1050. The number of benzene rings is 2. The van der Waals surface area contributed by atoms with Crippen LogP contribution in [0.25, 0.3) is 0 Å². The molecule has 33 heavy (non-hydrogen) atoms. The summed E-state index contributed by atoms with van der Waals surface area (Å²) in [6.45, 7) is -0.219. The fourth-order valence-corrected chi connectivity index (χ4v) is 3.17. The van der Waals surface area contributed by atoms with Gasteiger partial charge >= 0.3 is 6.18 Å². The Labute approximate surface area is 197 Å². The normalized spacial score (nSPS) is 12.1. The second-order valence-electron chi connectivity index (χ2n) is 6.61. The molecule has 0 bridgehead atoms. The summed E-state index contributed by atoms with van der Waals surface area (Å²) in [7, 11) is 1.47. The standard InChI is InChI=1S/C21H20Cl2F4N4O2/c1-33-16-10-12(6-7-14(16)22)29-8-9-30-17(32)11-31-20(21(25,26)27)18(23)19(28)13-4-2-3-5-15(13)24/h2-7,10,28-29,31H,8-9,11H2,1H3,(H,30,32)/p+1/b20-18+,28-19?. The highest BCUT2D eigenvalue weighted by molar-refractivity contribution is 6.46. The second kappa shape index (κ2) is 11.9. The average Bonchev–Trinajstić information content (AvgIpc) is 2.76. The molecule has 0 aliphatic carbocycles. The van der Waals surface area contributed by atoms with Gasteiger partial charge in [-0.1, -0.05) is 35.3 Å². The van der Waals surface area contributed by atoms with E-state index >= 15 is 0 Å². The lowest BCUT2D eigenvalue weighted by atomic mass is 10.1. The van der Waals surface area contributed by atoms with Crippen LogP contribution in [0.15, 0.2) is 53.2 Å². The van der Waals surface area contributed by atoms with Crippen molar-refractivity contribution < 1.29 is 32.4 Å². The molecule has 0 spiro atoms. The number of hydrogen-bond donors (Lipinski definition) is 4. The minimum absolute atomic E-state index is 0.126. The van der Waals surface area contributed by atoms with E-state index in [9.17, 15) is 22.4 Å². The van der Waals surface area contributed by atoms with Crippen molar-refractivity contribution in [3.8, 4) is 5.75 Å². The highest BCUT2D eigenvalue weighted by atomic mass is 35.5. The van der Waals surface area contributed by atoms with Gasteiger partial charge in [0.2, 0.25) is 5.70 Å². The molecule has 0 saturated carbocycles. The van der Waals surface area contributed by atoms with Crippen molar-refractivity contribution >= 4 is 40.5 Å². The van der Waals surface area contributed by atoms with Gasteiger partial charge in [-0.05, 0) is 24.3 Å². The van der Waals surface area contributed by atoms with Gasteiger partial charge in [-0.25, -0.2) is 4.39 Å². The first-order valence-corrected chi connectivity index (χ1v) is 10.3. The van der Waals surface area contributed by atoms with Crippen molar-refractivity contribution in [2.45, 2.75) is 6.18 Å². The number of rotatable bonds is 10. The number of anilines is 1. The maximum absolute atomic E-state index is 13.8. The summed E-state index contributed by atoms with van der Waals surface area (Å²) in [5.74, 6) is -1.11. The molecule has 0 saturated heterocycles. The second-order valence-corrected chi connectivity index (χ2v) is 7.40. The molecular formula is C21H21Cl2F4N4O2+. The van der Waals surface area contributed by atoms with Crippen molar-refractivity contribution in [3.63, 3.8) is 0 Å². The Morgan fingerprint density at radius 1 is 1.18 bits per heavy atom. The molecule has 2 aromatic carbocycles. The van der Waals surface area contributed by atoms with Crippen LogP contribution >= 0.6 is 23.2 Å². The molecule has 178 valence electrons. The molecule has 0 fully saturated rings. The number of quaternary nitrogens is 1. The molecule has 0 radical (unpaired) electrons. The molecule has 2 rings (SSSR count). The molecule has 0 heterocycles. The molecule has 6 nitrogen and oxygen atoms in total. The van der Waals surface area contributed by atoms with Crippen LogP contribution in [-0.4, -0.2) is 44.5 Å². The molecular weight excluding hydrogens is 487 g/mol. The molecule has 0 unspecified atom stereocenters. The van der Waals surface area contributed by atoms with E-state index < -0.39 is 40.9 Å². The van der Waals surface area contributed by atoms with E-state index in [2.05, 4.69) is 10.6 Å². The van der Waals surface area contributed by atoms with E-state index in [-0.39, 0.29) is 18.7 Å². The number of ether oxygens (including phenoxy) is 1. The first kappa shape index (κ1) is 26.4. The van der Waals surface area contributed by atoms with Gasteiger partial charge in [0, 0.05) is 30.4 Å². The number of amides is 1. The number of methoxy groups -OCH3 is 1. The maximum Gasteiger partial charge on any atom is 0.468 e. The van der Waals surface area contributed by atoms with Gasteiger partial charge in [-0.15, -0.1) is 0 Å². The van der Waals surface area contributed by atoms with E-state index in [0.29, 0.717) is 21.8 Å². The van der Waals surface area contributed by atoms with E-state index in [1.54, 1.807) is 18.2 Å². The predicted octanol–water partition coefficient (Wildman–Crippen LogP) is 3.66. The Morgan fingerprint density at radius 3 is 2.52 bits per heavy atom. The molecule has 2 aromatic rings. The first-order valence-electron chi connectivity index (χ1n) is 9.52. The third-order valence-electron chi connectivity index (χ3n) is 4.32. The van der Waals surface area contributed by atoms with Crippen LogP contribution in [0.3, 0.4) is 0 Å². The van der Waals surface area contributed by atoms with Crippen LogP contribution in [0, 0.1) is 11.2 Å². The third kappa shape index (κ3) is 7.62. The minimum atomic E-state index is -4.94. The highest BCUT2D eigenvalue weighted by Gasteiger charge is 2.42. The Hall–Kier alpha value is -2.82. The lowest BCUT2D eigenvalue weighted by molar-refractivity contribution is -0.615. The van der Waals surface area contributed by atoms with Gasteiger partial charge in [0.1, 0.15) is 16.6 Å². The number of allylic oxidation sites excluding steroid dienone is 2. The van der Waals surface area contributed by atoms with Gasteiger partial charge in [0.05, 0.1) is 17.8 Å². The van der Waals surface area contributed by atoms with Crippen molar-refractivity contribution in [2.24, 2.45) is 0 Å². The molecule has 0 atom stereocenters. The zero-order valence-electron chi connectivity index (χ0n) is 17.3. The molecule has 0 aromatic heterocycles. The molecule has 12 heteroatoms. The topological polar surface area (TPSA) is 90.8 Å². The van der Waals surface area contributed by atoms with E-state index in [1.165, 1.54) is 19.2 Å². The zero-order valence-corrected chi connectivity index (χ0v) is 18.8. The van der Waals surface area contributed by atoms with Gasteiger partial charge in [-0.3, -0.25) is 10.2 Å². The summed E-state index contributed by atoms with van der Waals surface area (Å²) in [6.07, 6.45) is -4.94. The summed E-state index contributed by atoms with van der Waals surface area (Å²) in [4.78, 5) is 12.0. The van der Waals surface area contributed by atoms with Crippen LogP contribution in [0.2, 0.25) is 5.02 Å². The molecule has 0 aliphatic heterocycles. The number of nitrogens with one attached hydrogen (secondary N) is 3. The number of carbonyl (C=O) groups excluding carboxylic acids is 1. The smallest absolute Gasteiger partial charge is 0.468 e. The van der Waals surface area contributed by atoms with Crippen LogP contribution in [-0.2, 0) is 4.79 Å². The quantitative estimate of drug-likeness (QED) is 0.224. The van der Waals surface area contributed by atoms with E-state index in [4.69, 9.17) is 33.3 Å². The largest absolute Gasteiger partial charge is 0.495 e. The lowest BCUT2D eigenvalue weighted by Crippen LogP contribution is -2.87. The van der Waals surface area contributed by atoms with E-state index in [0.717, 1.165) is 12.1 Å². The highest BCUT2D eigenvalue weighted by Crippen LogP contribution is 2.28. The fourth-order valence-electron chi connectivity index (χ4n) is 2.69. The maximum atomic E-state index is 13.8. The van der Waals surface area contributed by atoms with Crippen LogP contribution in [0.5, 0.6) is 5.75 Å². The molecule has 5 N–H and O–H groups in total. The minimum Gasteiger partial charge on any atom is -0.495 e. The van der Waals surface area contributed by atoms with Crippen molar-refractivity contribution in [1.29, 1.82) is 5.41 Å². The van der Waals surface area contributed by atoms with Crippen molar-refractivity contribution in [1.82, 2.24) is 5.32 Å². The van der Waals surface area contributed by atoms with Crippen LogP contribution in [0.4, 0.5) is 23.2 Å². The summed E-state index contributed by atoms with van der Waals surface area (Å²) >= 11 is 11.7. The number of carbonyl (C=O) groups is 1. The van der Waals surface area contributed by atoms with Gasteiger partial charge in [-0.2, -0.15) is 13.2 Å². The average molecular weight is 508 g/mol. The van der Waals surface area contributed by atoms with E-state index in [1.807, 2.05) is 0 Å². The Morgan fingerprint density at radius 2 is 1.88 bits per heavy atom. The van der Waals surface area contributed by atoms with Crippen molar-refractivity contribution in [2.75, 3.05) is 32.1 Å². The number of alkyl halides is 3.